The predicted molar refractivity (Wildman–Crippen MR) is 79.5 cm³/mol. The largest absolute Gasteiger partial charge is 0.492 e. The van der Waals surface area contributed by atoms with E-state index in [0.717, 1.165) is 31.4 Å². The number of carbonyl (C=O) groups is 1. The Morgan fingerprint density at radius 1 is 1.35 bits per heavy atom. The van der Waals surface area contributed by atoms with Crippen LogP contribution >= 0.6 is 0 Å². The van der Waals surface area contributed by atoms with Crippen LogP contribution in [0.1, 0.15) is 25.7 Å². The van der Waals surface area contributed by atoms with Crippen molar-refractivity contribution in [1.29, 1.82) is 0 Å². The summed E-state index contributed by atoms with van der Waals surface area (Å²) in [5, 5.41) is 0. The van der Waals surface area contributed by atoms with E-state index in [2.05, 4.69) is 0 Å². The molecule has 20 heavy (non-hydrogen) atoms. The Balaban J connectivity index is 1.73. The Bertz CT molecular complexity index is 422. The lowest BCUT2D eigenvalue weighted by atomic mass is 9.85. The smallest absolute Gasteiger partial charge is 0.225 e. The molecular weight excluding hydrogens is 252 g/mol. The number of hydrogen-bond donors (Lipinski definition) is 1. The van der Waals surface area contributed by atoms with Crippen molar-refractivity contribution in [3.63, 3.8) is 0 Å². The summed E-state index contributed by atoms with van der Waals surface area (Å²) in [6, 6.07) is 9.85. The van der Waals surface area contributed by atoms with E-state index >= 15 is 0 Å². The first-order chi connectivity index (χ1) is 9.66. The van der Waals surface area contributed by atoms with Gasteiger partial charge in [0.15, 0.2) is 0 Å². The molecule has 2 rings (SSSR count). The van der Waals surface area contributed by atoms with Gasteiger partial charge in [0, 0.05) is 19.0 Å². The van der Waals surface area contributed by atoms with Crippen LogP contribution in [0.5, 0.6) is 5.75 Å². The molecule has 0 saturated heterocycles. The third-order valence-corrected chi connectivity index (χ3v) is 3.88. The number of carbonyl (C=O) groups excluding carboxylic acids is 1. The zero-order chi connectivity index (χ0) is 14.4. The summed E-state index contributed by atoms with van der Waals surface area (Å²) >= 11 is 0. The molecule has 0 aromatic heterocycles. The highest BCUT2D eigenvalue weighted by molar-refractivity contribution is 5.78. The van der Waals surface area contributed by atoms with Crippen LogP contribution in [0.4, 0.5) is 0 Å². The summed E-state index contributed by atoms with van der Waals surface area (Å²) in [6.45, 7) is 1.13. The molecule has 4 nitrogen and oxygen atoms in total. The minimum absolute atomic E-state index is 0.0977. The van der Waals surface area contributed by atoms with Gasteiger partial charge in [-0.15, -0.1) is 0 Å². The lowest BCUT2D eigenvalue weighted by molar-refractivity contribution is -0.135. The van der Waals surface area contributed by atoms with Gasteiger partial charge in [0.1, 0.15) is 12.4 Å². The summed E-state index contributed by atoms with van der Waals surface area (Å²) in [5.74, 6) is 1.14. The minimum atomic E-state index is 0.0977. The van der Waals surface area contributed by atoms with Crippen molar-refractivity contribution in [1.82, 2.24) is 4.90 Å². The lowest BCUT2D eigenvalue weighted by Crippen LogP contribution is -2.40. The molecule has 1 aliphatic rings. The Morgan fingerprint density at radius 3 is 2.80 bits per heavy atom. The van der Waals surface area contributed by atoms with Crippen LogP contribution in [0.25, 0.3) is 0 Å². The standard InChI is InChI=1S/C16H24N2O2/c1-18(10-11-20-15-8-3-2-4-9-15)16(19)13-6-5-7-14(17)12-13/h2-4,8-9,13-14H,5-7,10-12,17H2,1H3. The van der Waals surface area contributed by atoms with Gasteiger partial charge in [0.25, 0.3) is 0 Å². The van der Waals surface area contributed by atoms with Gasteiger partial charge in [-0.1, -0.05) is 24.6 Å². The molecule has 2 atom stereocenters. The number of nitrogens with two attached hydrogens (primary N) is 1. The molecule has 0 bridgehead atoms. The summed E-state index contributed by atoms with van der Waals surface area (Å²) in [4.78, 5) is 14.1. The Labute approximate surface area is 120 Å². The minimum Gasteiger partial charge on any atom is -0.492 e. The molecule has 1 saturated carbocycles. The maximum Gasteiger partial charge on any atom is 0.225 e. The van der Waals surface area contributed by atoms with Gasteiger partial charge < -0.3 is 15.4 Å². The zero-order valence-corrected chi connectivity index (χ0v) is 12.1. The number of para-hydroxylation sites is 1. The summed E-state index contributed by atoms with van der Waals surface area (Å²) in [6.07, 6.45) is 3.90. The number of likely N-dealkylation sites (N-methyl/N-ethyl adjacent to an activating group) is 1. The van der Waals surface area contributed by atoms with Crippen LogP contribution < -0.4 is 10.5 Å². The topological polar surface area (TPSA) is 55.6 Å². The van der Waals surface area contributed by atoms with Gasteiger partial charge in [-0.25, -0.2) is 0 Å². The highest BCUT2D eigenvalue weighted by Crippen LogP contribution is 2.24. The number of nitrogens with zero attached hydrogens (tertiary/aromatic N) is 1. The second-order valence-corrected chi connectivity index (χ2v) is 5.54. The molecule has 1 aromatic carbocycles. The number of amides is 1. The van der Waals surface area contributed by atoms with Crippen molar-refractivity contribution in [2.75, 3.05) is 20.2 Å². The fourth-order valence-corrected chi connectivity index (χ4v) is 2.69. The van der Waals surface area contributed by atoms with Gasteiger partial charge >= 0.3 is 0 Å². The normalized spacial score (nSPS) is 22.3. The van der Waals surface area contributed by atoms with E-state index in [1.54, 1.807) is 4.90 Å². The fourth-order valence-electron chi connectivity index (χ4n) is 2.69. The summed E-state index contributed by atoms with van der Waals surface area (Å²) in [7, 11) is 1.84. The van der Waals surface area contributed by atoms with Gasteiger partial charge in [-0.05, 0) is 31.4 Å². The average molecular weight is 276 g/mol. The third-order valence-electron chi connectivity index (χ3n) is 3.88. The van der Waals surface area contributed by atoms with Crippen molar-refractivity contribution >= 4 is 5.91 Å². The first kappa shape index (κ1) is 14.9. The van der Waals surface area contributed by atoms with E-state index in [4.69, 9.17) is 10.5 Å². The molecule has 1 amide bonds. The molecule has 0 radical (unpaired) electrons. The molecule has 110 valence electrons. The Morgan fingerprint density at radius 2 is 2.10 bits per heavy atom. The molecule has 0 spiro atoms. The maximum atomic E-state index is 12.3. The maximum absolute atomic E-state index is 12.3. The van der Waals surface area contributed by atoms with Crippen LogP contribution in [0, 0.1) is 5.92 Å². The Hall–Kier alpha value is -1.55. The first-order valence-corrected chi connectivity index (χ1v) is 7.35. The molecule has 1 fully saturated rings. The van der Waals surface area contributed by atoms with Crippen molar-refractivity contribution < 1.29 is 9.53 Å². The molecule has 2 unspecified atom stereocenters. The van der Waals surface area contributed by atoms with Crippen molar-refractivity contribution in [2.45, 2.75) is 31.7 Å². The Kier molecular flexibility index (Phi) is 5.41. The first-order valence-electron chi connectivity index (χ1n) is 7.35. The van der Waals surface area contributed by atoms with E-state index < -0.39 is 0 Å². The quantitative estimate of drug-likeness (QED) is 0.895. The molecule has 1 aliphatic carbocycles. The summed E-state index contributed by atoms with van der Waals surface area (Å²) < 4.78 is 5.62. The van der Waals surface area contributed by atoms with Crippen LogP contribution in [0.2, 0.25) is 0 Å². The highest BCUT2D eigenvalue weighted by Gasteiger charge is 2.27. The molecule has 2 N–H and O–H groups in total. The number of benzene rings is 1. The SMILES string of the molecule is CN(CCOc1ccccc1)C(=O)C1CCCC(N)C1. The molecule has 0 aliphatic heterocycles. The van der Waals surface area contributed by atoms with E-state index in [0.29, 0.717) is 13.2 Å². The van der Waals surface area contributed by atoms with Crippen LogP contribution in [0.3, 0.4) is 0 Å². The number of rotatable bonds is 5. The lowest BCUT2D eigenvalue weighted by Gasteiger charge is -2.29. The molecule has 4 heteroatoms. The molecule has 0 heterocycles. The second kappa shape index (κ2) is 7.29. The van der Waals surface area contributed by atoms with E-state index in [1.165, 1.54) is 0 Å². The predicted octanol–water partition coefficient (Wildman–Crippen LogP) is 2.04. The van der Waals surface area contributed by atoms with Crippen LogP contribution in [0.15, 0.2) is 30.3 Å². The van der Waals surface area contributed by atoms with Gasteiger partial charge in [0.2, 0.25) is 5.91 Å². The molecular formula is C16H24N2O2. The number of ether oxygens (including phenoxy) is 1. The van der Waals surface area contributed by atoms with E-state index in [1.807, 2.05) is 37.4 Å². The average Bonchev–Trinajstić information content (AvgIpc) is 2.47. The van der Waals surface area contributed by atoms with Crippen molar-refractivity contribution in [3.8, 4) is 5.75 Å². The number of hydrogen-bond acceptors (Lipinski definition) is 3. The van der Waals surface area contributed by atoms with Crippen molar-refractivity contribution in [3.05, 3.63) is 30.3 Å². The monoisotopic (exact) mass is 276 g/mol. The van der Waals surface area contributed by atoms with Crippen molar-refractivity contribution in [2.24, 2.45) is 11.7 Å². The molecule has 1 aromatic rings. The zero-order valence-electron chi connectivity index (χ0n) is 12.1. The fraction of sp³-hybridized carbons (Fsp3) is 0.562. The van der Waals surface area contributed by atoms with E-state index in [9.17, 15) is 4.79 Å². The van der Waals surface area contributed by atoms with Crippen LogP contribution in [-0.2, 0) is 4.79 Å². The second-order valence-electron chi connectivity index (χ2n) is 5.54. The van der Waals surface area contributed by atoms with Crippen LogP contribution in [-0.4, -0.2) is 37.0 Å². The van der Waals surface area contributed by atoms with Gasteiger partial charge in [-0.3, -0.25) is 4.79 Å². The third kappa shape index (κ3) is 4.23. The highest BCUT2D eigenvalue weighted by atomic mass is 16.5. The van der Waals surface area contributed by atoms with Gasteiger partial charge in [-0.2, -0.15) is 0 Å². The summed E-state index contributed by atoms with van der Waals surface area (Å²) in [5.41, 5.74) is 5.94. The van der Waals surface area contributed by atoms with Gasteiger partial charge in [0.05, 0.1) is 6.54 Å². The van der Waals surface area contributed by atoms with E-state index in [-0.39, 0.29) is 17.9 Å².